The van der Waals surface area contributed by atoms with Crippen LogP contribution in [0.5, 0.6) is 0 Å². The Morgan fingerprint density at radius 3 is 1.05 bits per heavy atom. The van der Waals surface area contributed by atoms with E-state index in [1.54, 1.807) is 0 Å². The van der Waals surface area contributed by atoms with Crippen LogP contribution in [-0.4, -0.2) is 37.2 Å². The van der Waals surface area contributed by atoms with Gasteiger partial charge in [0.1, 0.15) is 13.2 Å². The number of unbranched alkanes of at least 4 members (excludes halogenated alkanes) is 18. The molecule has 0 aliphatic rings. The Kier molecular flexibility index (Phi) is 50.5. The zero-order valence-electron chi connectivity index (χ0n) is 42.7. The molecule has 6 heteroatoms. The predicted octanol–water partition coefficient (Wildman–Crippen LogP) is 17.9. The number of esters is 3. The molecular formula is C60H98O6. The molecule has 0 N–H and O–H groups in total. The van der Waals surface area contributed by atoms with E-state index >= 15 is 0 Å². The van der Waals surface area contributed by atoms with Gasteiger partial charge in [-0.1, -0.05) is 226 Å². The van der Waals surface area contributed by atoms with E-state index in [4.69, 9.17) is 14.2 Å². The number of hydrogen-bond acceptors (Lipinski definition) is 6. The first-order valence-corrected chi connectivity index (χ1v) is 26.9. The third-order valence-electron chi connectivity index (χ3n) is 11.0. The van der Waals surface area contributed by atoms with Crippen LogP contribution in [0.1, 0.15) is 233 Å². The Morgan fingerprint density at radius 2 is 0.621 bits per heavy atom. The molecule has 0 radical (unpaired) electrons. The fourth-order valence-corrected chi connectivity index (χ4v) is 7.00. The van der Waals surface area contributed by atoms with Crippen LogP contribution in [-0.2, 0) is 28.6 Å². The van der Waals surface area contributed by atoms with E-state index in [-0.39, 0.29) is 44.0 Å². The van der Waals surface area contributed by atoms with Gasteiger partial charge in [-0.05, 0) is 96.3 Å². The molecule has 0 unspecified atom stereocenters. The molecule has 0 rings (SSSR count). The number of carbonyl (C=O) groups excluding carboxylic acids is 3. The van der Waals surface area contributed by atoms with Crippen molar-refractivity contribution in [1.29, 1.82) is 0 Å². The van der Waals surface area contributed by atoms with Crippen molar-refractivity contribution in [2.24, 2.45) is 0 Å². The Labute approximate surface area is 406 Å². The summed E-state index contributed by atoms with van der Waals surface area (Å²) in [5.41, 5.74) is 0. The summed E-state index contributed by atoms with van der Waals surface area (Å²) in [4.78, 5) is 38.0. The van der Waals surface area contributed by atoms with Gasteiger partial charge in [0.15, 0.2) is 6.10 Å². The minimum absolute atomic E-state index is 0.117. The summed E-state index contributed by atoms with van der Waals surface area (Å²) >= 11 is 0. The normalized spacial score (nSPS) is 13.0. The molecule has 374 valence electrons. The van der Waals surface area contributed by atoms with E-state index in [2.05, 4.69) is 118 Å². The third kappa shape index (κ3) is 51.1. The van der Waals surface area contributed by atoms with E-state index in [0.29, 0.717) is 19.3 Å². The second-order valence-electron chi connectivity index (χ2n) is 17.4. The van der Waals surface area contributed by atoms with Crippen LogP contribution in [0.3, 0.4) is 0 Å². The molecule has 0 aliphatic heterocycles. The van der Waals surface area contributed by atoms with Crippen molar-refractivity contribution < 1.29 is 28.6 Å². The van der Waals surface area contributed by atoms with E-state index in [1.165, 1.54) is 96.3 Å². The molecule has 0 spiro atoms. The molecule has 0 fully saturated rings. The topological polar surface area (TPSA) is 78.9 Å². The summed E-state index contributed by atoms with van der Waals surface area (Å²) in [6, 6.07) is 0. The highest BCUT2D eigenvalue weighted by atomic mass is 16.6. The standard InChI is InChI=1S/C60H98O6/c1-4-7-10-13-16-19-22-25-28-29-30-31-33-35-38-41-44-47-50-53-59(62)65-56-57(55-64-58(61)52-49-46-43-40-37-34-27-24-21-18-15-12-9-6-3)66-60(63)54-51-48-45-42-39-36-32-26-23-20-17-14-11-8-5-2/h7,10,16-17,19-20,25-26,28,30-32,35,38-39,42,44,47,57H,4-6,8-9,11-15,18,21-24,27,29,33-34,36-37,40-41,43,45-46,48-56H2,1-3H3/b10-7-,19-16-,20-17-,28-25-,31-30-,32-26-,38-35-,42-39-,47-44-/t57-/m1/s1. The minimum Gasteiger partial charge on any atom is -0.462 e. The van der Waals surface area contributed by atoms with Crippen molar-refractivity contribution in [2.45, 2.75) is 239 Å². The van der Waals surface area contributed by atoms with Gasteiger partial charge < -0.3 is 14.2 Å². The van der Waals surface area contributed by atoms with Gasteiger partial charge >= 0.3 is 17.9 Å². The van der Waals surface area contributed by atoms with Crippen molar-refractivity contribution in [3.63, 3.8) is 0 Å². The first-order valence-electron chi connectivity index (χ1n) is 26.9. The van der Waals surface area contributed by atoms with Crippen LogP contribution in [0, 0.1) is 0 Å². The maximum absolute atomic E-state index is 12.8. The van der Waals surface area contributed by atoms with Crippen LogP contribution in [0.4, 0.5) is 0 Å². The smallest absolute Gasteiger partial charge is 0.306 e. The van der Waals surface area contributed by atoms with Gasteiger partial charge in [-0.2, -0.15) is 0 Å². The van der Waals surface area contributed by atoms with Gasteiger partial charge in [0.2, 0.25) is 0 Å². The first-order chi connectivity index (χ1) is 32.5. The van der Waals surface area contributed by atoms with Crippen LogP contribution in [0.25, 0.3) is 0 Å². The summed E-state index contributed by atoms with van der Waals surface area (Å²) in [7, 11) is 0. The van der Waals surface area contributed by atoms with E-state index in [1.807, 2.05) is 12.2 Å². The van der Waals surface area contributed by atoms with Gasteiger partial charge in [0, 0.05) is 19.3 Å². The first kappa shape index (κ1) is 62.1. The molecule has 0 bridgehead atoms. The molecule has 0 amide bonds. The average Bonchev–Trinajstić information content (AvgIpc) is 3.31. The second-order valence-corrected chi connectivity index (χ2v) is 17.4. The van der Waals surface area contributed by atoms with Gasteiger partial charge in [0.05, 0.1) is 0 Å². The van der Waals surface area contributed by atoms with Crippen molar-refractivity contribution in [1.82, 2.24) is 0 Å². The molecule has 0 aromatic rings. The highest BCUT2D eigenvalue weighted by Gasteiger charge is 2.19. The van der Waals surface area contributed by atoms with Gasteiger partial charge in [-0.25, -0.2) is 0 Å². The molecule has 6 nitrogen and oxygen atoms in total. The van der Waals surface area contributed by atoms with E-state index in [9.17, 15) is 14.4 Å². The molecule has 66 heavy (non-hydrogen) atoms. The van der Waals surface area contributed by atoms with Crippen LogP contribution in [0.15, 0.2) is 109 Å². The number of hydrogen-bond donors (Lipinski definition) is 0. The van der Waals surface area contributed by atoms with Crippen molar-refractivity contribution >= 4 is 17.9 Å². The van der Waals surface area contributed by atoms with Crippen LogP contribution in [0.2, 0.25) is 0 Å². The van der Waals surface area contributed by atoms with Crippen molar-refractivity contribution in [2.75, 3.05) is 13.2 Å². The molecule has 1 atom stereocenters. The fourth-order valence-electron chi connectivity index (χ4n) is 7.00. The SMILES string of the molecule is CC/C=C\C/C=C\C/C=C\C/C=C\C/C=C\C/C=C\CCC(=O)OC[C@@H](COC(=O)CCCCCCCCCCCCCCCC)OC(=O)CCCC/C=C\C/C=C\C/C=C\CCCCC. The lowest BCUT2D eigenvalue weighted by Crippen LogP contribution is -2.30. The molecule has 0 aliphatic carbocycles. The summed E-state index contributed by atoms with van der Waals surface area (Å²) in [5.74, 6) is -1.05. The third-order valence-corrected chi connectivity index (χ3v) is 11.0. The summed E-state index contributed by atoms with van der Waals surface area (Å²) in [6.07, 6.45) is 72.3. The molecular weight excluding hydrogens is 817 g/mol. The summed E-state index contributed by atoms with van der Waals surface area (Å²) in [6.45, 7) is 6.39. The lowest BCUT2D eigenvalue weighted by atomic mass is 10.0. The second kappa shape index (κ2) is 53.7. The number of ether oxygens (including phenoxy) is 3. The molecule has 0 saturated heterocycles. The highest BCUT2D eigenvalue weighted by Crippen LogP contribution is 2.14. The zero-order chi connectivity index (χ0) is 47.9. The maximum Gasteiger partial charge on any atom is 0.306 e. The Hall–Kier alpha value is -3.93. The largest absolute Gasteiger partial charge is 0.462 e. The highest BCUT2D eigenvalue weighted by molar-refractivity contribution is 5.71. The van der Waals surface area contributed by atoms with Crippen LogP contribution < -0.4 is 0 Å². The predicted molar refractivity (Wildman–Crippen MR) is 283 cm³/mol. The van der Waals surface area contributed by atoms with E-state index < -0.39 is 6.10 Å². The maximum atomic E-state index is 12.8. The lowest BCUT2D eigenvalue weighted by molar-refractivity contribution is -0.166. The lowest BCUT2D eigenvalue weighted by Gasteiger charge is -2.18. The molecule has 0 saturated carbocycles. The van der Waals surface area contributed by atoms with E-state index in [0.717, 1.165) is 83.5 Å². The molecule has 0 aromatic carbocycles. The van der Waals surface area contributed by atoms with Crippen molar-refractivity contribution in [3.8, 4) is 0 Å². The summed E-state index contributed by atoms with van der Waals surface area (Å²) in [5, 5.41) is 0. The number of carbonyl (C=O) groups is 3. The Balaban J connectivity index is 4.56. The summed E-state index contributed by atoms with van der Waals surface area (Å²) < 4.78 is 16.7. The van der Waals surface area contributed by atoms with Crippen LogP contribution >= 0.6 is 0 Å². The van der Waals surface area contributed by atoms with Gasteiger partial charge in [0.25, 0.3) is 0 Å². The number of allylic oxidation sites excluding steroid dienone is 18. The monoisotopic (exact) mass is 915 g/mol. The average molecular weight is 915 g/mol. The Morgan fingerprint density at radius 1 is 0.318 bits per heavy atom. The van der Waals surface area contributed by atoms with Crippen molar-refractivity contribution in [3.05, 3.63) is 109 Å². The quantitative estimate of drug-likeness (QED) is 0.0262. The fraction of sp³-hybridized carbons (Fsp3) is 0.650. The van der Waals surface area contributed by atoms with Gasteiger partial charge in [-0.15, -0.1) is 0 Å². The Bertz CT molecular complexity index is 1370. The molecule has 0 heterocycles. The minimum atomic E-state index is -0.828. The molecule has 0 aromatic heterocycles. The van der Waals surface area contributed by atoms with Gasteiger partial charge in [-0.3, -0.25) is 14.4 Å². The zero-order valence-corrected chi connectivity index (χ0v) is 42.7. The number of rotatable bonds is 47.